The number of allylic oxidation sites excluding steroid dienone is 1. The van der Waals surface area contributed by atoms with E-state index in [0.29, 0.717) is 30.4 Å². The molecular formula is C33H39ClN2O5S. The summed E-state index contributed by atoms with van der Waals surface area (Å²) in [6.07, 6.45) is 8.89. The van der Waals surface area contributed by atoms with Crippen LogP contribution < -0.4 is 14.4 Å². The summed E-state index contributed by atoms with van der Waals surface area (Å²) in [4.78, 5) is 15.8. The summed E-state index contributed by atoms with van der Waals surface area (Å²) in [6, 6.07) is 11.6. The number of nitrogens with one attached hydrogen (secondary N) is 1. The molecule has 2 aromatic rings. The molecule has 6 aliphatic rings. The van der Waals surface area contributed by atoms with E-state index in [0.717, 1.165) is 68.1 Å². The second-order valence-corrected chi connectivity index (χ2v) is 15.7. The molecule has 8 rings (SSSR count). The minimum absolute atomic E-state index is 0.0556. The summed E-state index contributed by atoms with van der Waals surface area (Å²) >= 11 is 6.41. The molecule has 2 aromatic carbocycles. The van der Waals surface area contributed by atoms with E-state index in [-0.39, 0.29) is 17.4 Å². The maximum Gasteiger partial charge on any atom is 0.264 e. The van der Waals surface area contributed by atoms with Gasteiger partial charge >= 0.3 is 0 Å². The highest BCUT2D eigenvalue weighted by atomic mass is 35.5. The molecule has 1 amide bonds. The van der Waals surface area contributed by atoms with Crippen LogP contribution in [0.25, 0.3) is 0 Å². The van der Waals surface area contributed by atoms with Gasteiger partial charge in [0.05, 0.1) is 23.6 Å². The lowest BCUT2D eigenvalue weighted by molar-refractivity contribution is 0.000415. The molecule has 0 radical (unpaired) electrons. The number of benzene rings is 2. The van der Waals surface area contributed by atoms with Gasteiger partial charge in [0.1, 0.15) is 5.75 Å². The van der Waals surface area contributed by atoms with Gasteiger partial charge in [0.15, 0.2) is 0 Å². The van der Waals surface area contributed by atoms with Crippen molar-refractivity contribution in [2.75, 3.05) is 31.7 Å². The van der Waals surface area contributed by atoms with Crippen LogP contribution in [0.5, 0.6) is 5.75 Å². The maximum atomic E-state index is 13.3. The van der Waals surface area contributed by atoms with Crippen molar-refractivity contribution >= 4 is 33.2 Å². The van der Waals surface area contributed by atoms with Crippen molar-refractivity contribution in [3.8, 4) is 5.75 Å². The Labute approximate surface area is 253 Å². The van der Waals surface area contributed by atoms with E-state index in [1.165, 1.54) is 16.7 Å². The first-order chi connectivity index (χ1) is 20.2. The lowest BCUT2D eigenvalue weighted by Crippen LogP contribution is -2.50. The van der Waals surface area contributed by atoms with E-state index in [1.807, 2.05) is 18.2 Å². The van der Waals surface area contributed by atoms with Crippen LogP contribution in [0.4, 0.5) is 5.69 Å². The first kappa shape index (κ1) is 28.2. The van der Waals surface area contributed by atoms with Crippen molar-refractivity contribution in [2.45, 2.75) is 68.6 Å². The monoisotopic (exact) mass is 610 g/mol. The fourth-order valence-corrected chi connectivity index (χ4v) is 9.41. The van der Waals surface area contributed by atoms with Gasteiger partial charge in [-0.15, -0.1) is 0 Å². The number of rotatable bonds is 1. The van der Waals surface area contributed by atoms with Crippen LogP contribution in [0.1, 0.15) is 66.9 Å². The van der Waals surface area contributed by atoms with Crippen LogP contribution in [-0.2, 0) is 26.6 Å². The van der Waals surface area contributed by atoms with Crippen molar-refractivity contribution in [3.63, 3.8) is 0 Å². The molecule has 9 heteroatoms. The smallest absolute Gasteiger partial charge is 0.264 e. The largest absolute Gasteiger partial charge is 0.490 e. The number of methoxy groups -OCH3 is 1. The summed E-state index contributed by atoms with van der Waals surface area (Å²) in [7, 11) is -2.04. The topological polar surface area (TPSA) is 84.9 Å². The Kier molecular flexibility index (Phi) is 7.10. The van der Waals surface area contributed by atoms with Gasteiger partial charge in [-0.2, -0.15) is 0 Å². The Morgan fingerprint density at radius 1 is 1.17 bits per heavy atom. The molecule has 0 aromatic heterocycles. The highest BCUT2D eigenvalue weighted by molar-refractivity contribution is 7.90. The summed E-state index contributed by atoms with van der Waals surface area (Å²) in [5, 5.41) is 0.0685. The number of halogens is 1. The number of fused-ring (bicyclic) bond motifs is 6. The van der Waals surface area contributed by atoms with Crippen molar-refractivity contribution in [1.82, 2.24) is 4.72 Å². The summed E-state index contributed by atoms with van der Waals surface area (Å²) in [6.45, 7) is 3.79. The average Bonchev–Trinajstić information content (AvgIpc) is 3.07. The van der Waals surface area contributed by atoms with Gasteiger partial charge in [-0.1, -0.05) is 23.7 Å². The summed E-state index contributed by atoms with van der Waals surface area (Å²) in [5.41, 5.74) is 4.81. The van der Waals surface area contributed by atoms with Crippen molar-refractivity contribution in [1.29, 1.82) is 0 Å². The molecule has 224 valence electrons. The second-order valence-electron chi connectivity index (χ2n) is 13.2. The number of amides is 1. The quantitative estimate of drug-likeness (QED) is 0.420. The Bertz CT molecular complexity index is 1560. The number of ether oxygens (including phenoxy) is 2. The van der Waals surface area contributed by atoms with Crippen LogP contribution in [0, 0.1) is 17.8 Å². The number of aryl methyl sites for hydroxylation is 1. The number of anilines is 1. The van der Waals surface area contributed by atoms with Gasteiger partial charge in [-0.25, -0.2) is 13.1 Å². The van der Waals surface area contributed by atoms with Crippen LogP contribution in [0.3, 0.4) is 0 Å². The third-order valence-corrected chi connectivity index (χ3v) is 12.5. The van der Waals surface area contributed by atoms with E-state index >= 15 is 0 Å². The van der Waals surface area contributed by atoms with Crippen LogP contribution in [-0.4, -0.2) is 52.5 Å². The maximum absolute atomic E-state index is 13.3. The Morgan fingerprint density at radius 3 is 2.76 bits per heavy atom. The fourth-order valence-electron chi connectivity index (χ4n) is 8.14. The molecule has 7 nitrogen and oxygen atoms in total. The van der Waals surface area contributed by atoms with Crippen molar-refractivity contribution in [3.05, 3.63) is 69.8 Å². The number of sulfonamides is 1. The molecule has 2 unspecified atom stereocenters. The molecular weight excluding hydrogens is 572 g/mol. The lowest BCUT2D eigenvalue weighted by atomic mass is 9.65. The highest BCUT2D eigenvalue weighted by Crippen LogP contribution is 2.49. The van der Waals surface area contributed by atoms with Gasteiger partial charge in [0.25, 0.3) is 5.91 Å². The first-order valence-corrected chi connectivity index (χ1v) is 17.2. The predicted octanol–water partition coefficient (Wildman–Crippen LogP) is 5.65. The first-order valence-electron chi connectivity index (χ1n) is 15.3. The van der Waals surface area contributed by atoms with Crippen LogP contribution >= 0.6 is 11.6 Å². The van der Waals surface area contributed by atoms with E-state index in [2.05, 4.69) is 27.8 Å². The average molecular weight is 611 g/mol. The second kappa shape index (κ2) is 10.6. The Morgan fingerprint density at radius 2 is 2.00 bits per heavy atom. The predicted molar refractivity (Wildman–Crippen MR) is 164 cm³/mol. The van der Waals surface area contributed by atoms with E-state index in [1.54, 1.807) is 20.1 Å². The van der Waals surface area contributed by atoms with Gasteiger partial charge in [0.2, 0.25) is 10.0 Å². The van der Waals surface area contributed by atoms with Crippen molar-refractivity contribution < 1.29 is 22.7 Å². The lowest BCUT2D eigenvalue weighted by Gasteiger charge is -2.48. The zero-order valence-corrected chi connectivity index (χ0v) is 25.8. The normalized spacial score (nSPS) is 33.5. The fraction of sp³-hybridized carbons (Fsp3) is 0.545. The third-order valence-electron chi connectivity index (χ3n) is 10.6. The number of carbonyl (C=O) groups excluding carboxylic acids is 1. The van der Waals surface area contributed by atoms with Gasteiger partial charge in [-0.3, -0.25) is 4.79 Å². The zero-order chi connectivity index (χ0) is 29.2. The summed E-state index contributed by atoms with van der Waals surface area (Å²) in [5.74, 6) is 1.16. The molecule has 1 N–H and O–H groups in total. The van der Waals surface area contributed by atoms with Gasteiger partial charge < -0.3 is 14.4 Å². The van der Waals surface area contributed by atoms with Gasteiger partial charge in [-0.05, 0) is 117 Å². The molecule has 3 heterocycles. The number of hydrogen-bond donors (Lipinski definition) is 1. The molecule has 6 atom stereocenters. The SMILES string of the molecule is CO[C@H]1C2=CC(C2)CC(C)S(=O)(=O)NC(=O)c2ccc3c(c2)N(C[C@@H]2CC[C@H]21)C[C@@]1(CCCc2cc(Cl)ccc21)CO3. The zero-order valence-electron chi connectivity index (χ0n) is 24.3. The number of hydrogen-bond acceptors (Lipinski definition) is 6. The van der Waals surface area contributed by atoms with Gasteiger partial charge in [0, 0.05) is 36.2 Å². The Balaban J connectivity index is 1.31. The Hall–Kier alpha value is -2.55. The minimum atomic E-state index is -3.84. The molecule has 0 saturated heterocycles. The highest BCUT2D eigenvalue weighted by Gasteiger charge is 2.46. The number of carbonyl (C=O) groups is 1. The van der Waals surface area contributed by atoms with Crippen molar-refractivity contribution in [2.24, 2.45) is 17.8 Å². The molecule has 4 bridgehead atoms. The van der Waals surface area contributed by atoms with E-state index in [9.17, 15) is 13.2 Å². The standard InChI is InChI=1S/C33H39ClN2O5S/c1-20-12-21-13-25(14-21)31(40-2)27-8-5-24(27)17-36-18-33(11-3-4-22-15-26(34)7-9-28(22)33)19-41-30-10-6-23(16-29(30)36)32(37)35-42(20,38)39/h6-7,9-10,13,15-16,20-21,24,27,31H,3-5,8,11-12,14,17-19H2,1-2H3,(H,35,37)/t20?,21?,24-,27+,31-,33-/m0/s1. The molecule has 3 aliphatic heterocycles. The molecule has 1 spiro atoms. The van der Waals surface area contributed by atoms with E-state index < -0.39 is 21.2 Å². The van der Waals surface area contributed by atoms with Crippen LogP contribution in [0.15, 0.2) is 48.0 Å². The molecule has 1 fully saturated rings. The third kappa shape index (κ3) is 4.83. The molecule has 1 saturated carbocycles. The van der Waals surface area contributed by atoms with E-state index in [4.69, 9.17) is 21.1 Å². The van der Waals surface area contributed by atoms with Crippen LogP contribution in [0.2, 0.25) is 5.02 Å². The summed E-state index contributed by atoms with van der Waals surface area (Å²) < 4.78 is 41.4. The number of nitrogens with zero attached hydrogens (tertiary/aromatic N) is 1. The molecule has 3 aliphatic carbocycles. The minimum Gasteiger partial charge on any atom is -0.490 e. The molecule has 42 heavy (non-hydrogen) atoms.